The highest BCUT2D eigenvalue weighted by molar-refractivity contribution is 5.90. The molecule has 0 bridgehead atoms. The van der Waals surface area contributed by atoms with E-state index in [4.69, 9.17) is 4.99 Å². The van der Waals surface area contributed by atoms with Gasteiger partial charge in [-0.05, 0) is 57.9 Å². The molecule has 16 heavy (non-hydrogen) atoms. The van der Waals surface area contributed by atoms with E-state index in [2.05, 4.69) is 52.1 Å². The van der Waals surface area contributed by atoms with Gasteiger partial charge in [-0.3, -0.25) is 4.99 Å². The molecule has 0 amide bonds. The summed E-state index contributed by atoms with van der Waals surface area (Å²) in [5.41, 5.74) is 6.13. The van der Waals surface area contributed by atoms with Crippen molar-refractivity contribution in [1.82, 2.24) is 0 Å². The van der Waals surface area contributed by atoms with Crippen molar-refractivity contribution in [2.45, 2.75) is 46.6 Å². The van der Waals surface area contributed by atoms with E-state index in [1.807, 2.05) is 0 Å². The first-order valence-corrected chi connectivity index (χ1v) is 5.81. The molecule has 1 aliphatic heterocycles. The van der Waals surface area contributed by atoms with E-state index in [1.165, 1.54) is 16.8 Å². The second kappa shape index (κ2) is 3.62. The average molecular weight is 216 g/mol. The van der Waals surface area contributed by atoms with Gasteiger partial charge in [-0.1, -0.05) is 0 Å². The number of rotatable bonds is 0. The molecule has 0 aliphatic carbocycles. The molecule has 0 aromatic heterocycles. The normalized spacial score (nSPS) is 18.2. The van der Waals surface area contributed by atoms with Crippen molar-refractivity contribution in [3.05, 3.63) is 23.3 Å². The average Bonchev–Trinajstić information content (AvgIpc) is 2.21. The van der Waals surface area contributed by atoms with Crippen molar-refractivity contribution in [3.63, 3.8) is 0 Å². The Morgan fingerprint density at radius 1 is 1.12 bits per heavy atom. The minimum absolute atomic E-state index is 0.0839. The third-order valence-corrected chi connectivity index (χ3v) is 3.09. The first-order chi connectivity index (χ1) is 7.37. The Kier molecular flexibility index (Phi) is 2.53. The summed E-state index contributed by atoms with van der Waals surface area (Å²) < 4.78 is 0. The zero-order valence-corrected chi connectivity index (χ0v) is 10.8. The number of anilines is 1. The predicted octanol–water partition coefficient (Wildman–Crippen LogP) is 3.99. The third-order valence-electron chi connectivity index (χ3n) is 3.09. The minimum Gasteiger partial charge on any atom is -0.378 e. The van der Waals surface area contributed by atoms with E-state index in [1.54, 1.807) is 0 Å². The van der Waals surface area contributed by atoms with E-state index in [9.17, 15) is 0 Å². The Morgan fingerprint density at radius 2 is 1.75 bits per heavy atom. The Labute approximate surface area is 97.8 Å². The first-order valence-electron chi connectivity index (χ1n) is 5.81. The number of benzene rings is 1. The molecule has 1 aromatic carbocycles. The van der Waals surface area contributed by atoms with Crippen molar-refractivity contribution in [2.24, 2.45) is 4.99 Å². The molecule has 0 radical (unpaired) electrons. The maximum Gasteiger partial charge on any atom is 0.0863 e. The molecular weight excluding hydrogens is 196 g/mol. The van der Waals surface area contributed by atoms with Gasteiger partial charge in [0.15, 0.2) is 0 Å². The lowest BCUT2D eigenvalue weighted by Gasteiger charge is -2.26. The van der Waals surface area contributed by atoms with E-state index >= 15 is 0 Å². The monoisotopic (exact) mass is 216 g/mol. The highest BCUT2D eigenvalue weighted by Gasteiger charge is 2.23. The molecule has 2 rings (SSSR count). The topological polar surface area (TPSA) is 24.4 Å². The van der Waals surface area contributed by atoms with Gasteiger partial charge in [0.05, 0.1) is 11.4 Å². The van der Waals surface area contributed by atoms with Gasteiger partial charge in [0.25, 0.3) is 0 Å². The molecule has 1 aliphatic rings. The minimum atomic E-state index is 0.0839. The van der Waals surface area contributed by atoms with Crippen molar-refractivity contribution in [3.8, 4) is 0 Å². The van der Waals surface area contributed by atoms with Crippen LogP contribution in [0.25, 0.3) is 0 Å². The number of nitrogens with zero attached hydrogens (tertiary/aromatic N) is 1. The molecule has 0 fully saturated rings. The number of nitrogens with one attached hydrogen (secondary N) is 1. The van der Waals surface area contributed by atoms with E-state index < -0.39 is 0 Å². The summed E-state index contributed by atoms with van der Waals surface area (Å²) >= 11 is 0. The van der Waals surface area contributed by atoms with Crippen LogP contribution in [0.3, 0.4) is 0 Å². The molecule has 1 heterocycles. The number of hydrogen-bond donors (Lipinski definition) is 1. The second-order valence-corrected chi connectivity index (χ2v) is 5.49. The zero-order valence-electron chi connectivity index (χ0n) is 10.8. The van der Waals surface area contributed by atoms with Gasteiger partial charge in [-0.15, -0.1) is 0 Å². The van der Waals surface area contributed by atoms with Gasteiger partial charge in [0.2, 0.25) is 0 Å². The Bertz CT molecular complexity index is 456. The molecule has 0 saturated heterocycles. The lowest BCUT2D eigenvalue weighted by molar-refractivity contribution is 0.595. The van der Waals surface area contributed by atoms with Crippen LogP contribution in [-0.2, 0) is 0 Å². The summed E-state index contributed by atoms with van der Waals surface area (Å²) in [7, 11) is 0. The van der Waals surface area contributed by atoms with Crippen LogP contribution in [0, 0.1) is 13.8 Å². The van der Waals surface area contributed by atoms with Crippen molar-refractivity contribution >= 4 is 17.1 Å². The number of aryl methyl sites for hydroxylation is 2. The summed E-state index contributed by atoms with van der Waals surface area (Å²) in [6.07, 6.45) is 0.986. The van der Waals surface area contributed by atoms with Crippen molar-refractivity contribution < 1.29 is 0 Å². The van der Waals surface area contributed by atoms with Gasteiger partial charge in [0, 0.05) is 17.7 Å². The number of hydrogen-bond acceptors (Lipinski definition) is 2. The zero-order chi connectivity index (χ0) is 11.9. The molecular formula is C14H20N2. The summed E-state index contributed by atoms with van der Waals surface area (Å²) in [6, 6.07) is 4.37. The van der Waals surface area contributed by atoms with Crippen LogP contribution >= 0.6 is 0 Å². The fraction of sp³-hybridized carbons (Fsp3) is 0.500. The van der Waals surface area contributed by atoms with Crippen molar-refractivity contribution in [1.29, 1.82) is 0 Å². The maximum absolute atomic E-state index is 4.69. The molecule has 2 heteroatoms. The predicted molar refractivity (Wildman–Crippen MR) is 71.0 cm³/mol. The van der Waals surface area contributed by atoms with E-state index in [0.717, 1.165) is 17.8 Å². The molecule has 0 saturated carbocycles. The highest BCUT2D eigenvalue weighted by atomic mass is 15.0. The molecule has 0 atom stereocenters. The van der Waals surface area contributed by atoms with E-state index in [0.29, 0.717) is 0 Å². The summed E-state index contributed by atoms with van der Waals surface area (Å²) in [5.74, 6) is 0. The van der Waals surface area contributed by atoms with Crippen LogP contribution in [0.5, 0.6) is 0 Å². The molecule has 1 aromatic rings. The van der Waals surface area contributed by atoms with Crippen LogP contribution in [0.1, 0.15) is 38.3 Å². The standard InChI is InChI=1S/C14H20N2/c1-9-6-12-13(7-10(9)2)16-14(4,5)8-11(3)15-12/h6-7,16H,8H2,1-5H3. The lowest BCUT2D eigenvalue weighted by atomic mass is 9.97. The summed E-state index contributed by atoms with van der Waals surface area (Å²) in [4.78, 5) is 4.69. The Morgan fingerprint density at radius 3 is 2.44 bits per heavy atom. The fourth-order valence-electron chi connectivity index (χ4n) is 2.29. The van der Waals surface area contributed by atoms with Crippen LogP contribution < -0.4 is 5.32 Å². The van der Waals surface area contributed by atoms with Gasteiger partial charge >= 0.3 is 0 Å². The van der Waals surface area contributed by atoms with Crippen LogP contribution in [-0.4, -0.2) is 11.3 Å². The molecule has 1 N–H and O–H groups in total. The van der Waals surface area contributed by atoms with E-state index in [-0.39, 0.29) is 5.54 Å². The SMILES string of the molecule is CC1=Nc2cc(C)c(C)cc2NC(C)(C)C1. The lowest BCUT2D eigenvalue weighted by Crippen LogP contribution is -2.31. The number of fused-ring (bicyclic) bond motifs is 1. The van der Waals surface area contributed by atoms with Gasteiger partial charge in [-0.25, -0.2) is 0 Å². The summed E-state index contributed by atoms with van der Waals surface area (Å²) in [6.45, 7) is 10.8. The number of aliphatic imine (C=N–C) groups is 1. The second-order valence-electron chi connectivity index (χ2n) is 5.49. The fourth-order valence-corrected chi connectivity index (χ4v) is 2.29. The first kappa shape index (κ1) is 11.2. The Balaban J connectivity index is 2.57. The molecule has 0 unspecified atom stereocenters. The van der Waals surface area contributed by atoms with Gasteiger partial charge < -0.3 is 5.32 Å². The maximum atomic E-state index is 4.69. The largest absolute Gasteiger partial charge is 0.378 e. The Hall–Kier alpha value is -1.31. The quantitative estimate of drug-likeness (QED) is 0.696. The molecule has 0 spiro atoms. The molecule has 2 nitrogen and oxygen atoms in total. The summed E-state index contributed by atoms with van der Waals surface area (Å²) in [5, 5.41) is 3.58. The van der Waals surface area contributed by atoms with Crippen LogP contribution in [0.4, 0.5) is 11.4 Å². The third kappa shape index (κ3) is 2.11. The van der Waals surface area contributed by atoms with Crippen molar-refractivity contribution in [2.75, 3.05) is 5.32 Å². The van der Waals surface area contributed by atoms with Gasteiger partial charge in [-0.2, -0.15) is 0 Å². The van der Waals surface area contributed by atoms with Gasteiger partial charge in [0.1, 0.15) is 0 Å². The highest BCUT2D eigenvalue weighted by Crippen LogP contribution is 2.34. The van der Waals surface area contributed by atoms with Crippen LogP contribution in [0.2, 0.25) is 0 Å². The smallest absolute Gasteiger partial charge is 0.0863 e. The van der Waals surface area contributed by atoms with Crippen LogP contribution in [0.15, 0.2) is 17.1 Å². The molecule has 86 valence electrons.